The number of rotatable bonds is 21. The minimum Gasteiger partial charge on any atom is -0.354 e. The van der Waals surface area contributed by atoms with Crippen molar-refractivity contribution < 1.29 is 28.8 Å². The molecule has 3 N–H and O–H groups in total. The molecule has 4 aliphatic rings. The molecule has 0 bridgehead atoms. The van der Waals surface area contributed by atoms with Crippen molar-refractivity contribution in [2.75, 3.05) is 32.7 Å². The van der Waals surface area contributed by atoms with Gasteiger partial charge in [-0.05, 0) is 54.5 Å². The van der Waals surface area contributed by atoms with Crippen LogP contribution in [0.2, 0.25) is 0 Å². The molecule has 3 aromatic rings. The number of benzene rings is 3. The third-order valence-electron chi connectivity index (χ3n) is 13.4. The predicted molar refractivity (Wildman–Crippen MR) is 242 cm³/mol. The van der Waals surface area contributed by atoms with Crippen molar-refractivity contribution in [3.05, 3.63) is 107 Å². The van der Waals surface area contributed by atoms with E-state index in [2.05, 4.69) is 54.1 Å². The molecule has 7 atom stereocenters. The topological polar surface area (TPSA) is 148 Å². The summed E-state index contributed by atoms with van der Waals surface area (Å²) in [6.45, 7) is 5.20. The van der Waals surface area contributed by atoms with Gasteiger partial charge < -0.3 is 30.7 Å². The van der Waals surface area contributed by atoms with Gasteiger partial charge in [0.1, 0.15) is 12.6 Å². The highest BCUT2D eigenvalue weighted by Crippen LogP contribution is 2.42. The van der Waals surface area contributed by atoms with Crippen LogP contribution in [0.1, 0.15) is 130 Å². The maximum atomic E-state index is 14.1. The summed E-state index contributed by atoms with van der Waals surface area (Å²) >= 11 is 0. The minimum atomic E-state index is -0.781. The Balaban J connectivity index is 0.985. The molecule has 336 valence electrons. The molecule has 4 fully saturated rings. The first-order valence-electron chi connectivity index (χ1n) is 23.6. The predicted octanol–water partition coefficient (Wildman–Crippen LogP) is 6.32. The Bertz CT molecular complexity index is 1970. The lowest BCUT2D eigenvalue weighted by molar-refractivity contribution is -0.154. The lowest BCUT2D eigenvalue weighted by Crippen LogP contribution is -2.62. The van der Waals surface area contributed by atoms with E-state index < -0.39 is 17.9 Å². The van der Waals surface area contributed by atoms with E-state index >= 15 is 0 Å². The highest BCUT2D eigenvalue weighted by molar-refractivity contribution is 5.97. The molecule has 2 aliphatic heterocycles. The van der Waals surface area contributed by atoms with Gasteiger partial charge in [-0.3, -0.25) is 28.8 Å². The van der Waals surface area contributed by atoms with Gasteiger partial charge in [0, 0.05) is 62.1 Å². The molecule has 12 heteroatoms. The second-order valence-electron chi connectivity index (χ2n) is 18.2. The molecule has 0 aromatic heterocycles. The van der Waals surface area contributed by atoms with Crippen LogP contribution in [0.5, 0.6) is 0 Å². The first-order chi connectivity index (χ1) is 30.6. The Labute approximate surface area is 372 Å². The van der Waals surface area contributed by atoms with Crippen LogP contribution in [0, 0.1) is 11.8 Å². The zero-order chi connectivity index (χ0) is 44.3. The van der Waals surface area contributed by atoms with Crippen molar-refractivity contribution in [1.29, 1.82) is 0 Å². The quantitative estimate of drug-likeness (QED) is 0.107. The Morgan fingerprint density at radius 1 is 0.619 bits per heavy atom. The van der Waals surface area contributed by atoms with Crippen molar-refractivity contribution >= 4 is 35.4 Å². The minimum absolute atomic E-state index is 0.0114. The van der Waals surface area contributed by atoms with Gasteiger partial charge in [0.2, 0.25) is 29.5 Å². The van der Waals surface area contributed by atoms with Gasteiger partial charge in [0.05, 0.1) is 18.4 Å². The lowest BCUT2D eigenvalue weighted by atomic mass is 9.94. The first-order valence-corrected chi connectivity index (χ1v) is 23.6. The second kappa shape index (κ2) is 21.7. The van der Waals surface area contributed by atoms with Crippen LogP contribution in [0.25, 0.3) is 0 Å². The van der Waals surface area contributed by atoms with Gasteiger partial charge in [-0.25, -0.2) is 0 Å². The van der Waals surface area contributed by atoms with E-state index in [1.165, 1.54) is 16.0 Å². The van der Waals surface area contributed by atoms with E-state index in [1.54, 1.807) is 34.1 Å². The van der Waals surface area contributed by atoms with Crippen LogP contribution in [-0.4, -0.2) is 101 Å². The smallest absolute Gasteiger partial charge is 0.253 e. The summed E-state index contributed by atoms with van der Waals surface area (Å²) in [5.74, 6) is -2.25. The number of hydrogen-bond donors (Lipinski definition) is 3. The summed E-state index contributed by atoms with van der Waals surface area (Å²) in [7, 11) is 0. The van der Waals surface area contributed by atoms with E-state index in [1.807, 2.05) is 36.4 Å². The molecular formula is C51H66N6O6. The van der Waals surface area contributed by atoms with Crippen LogP contribution >= 0.6 is 0 Å². The van der Waals surface area contributed by atoms with Crippen molar-refractivity contribution in [2.24, 2.45) is 11.8 Å². The van der Waals surface area contributed by atoms with Gasteiger partial charge in [-0.2, -0.15) is 0 Å². The van der Waals surface area contributed by atoms with Gasteiger partial charge in [0.25, 0.3) is 5.91 Å². The number of unbranched alkanes of at least 4 members (excludes halogenated alkanes) is 7. The fourth-order valence-corrected chi connectivity index (χ4v) is 9.39. The maximum Gasteiger partial charge on any atom is 0.253 e. The zero-order valence-electron chi connectivity index (χ0n) is 37.1. The molecule has 6 amide bonds. The second-order valence-corrected chi connectivity index (χ2v) is 18.2. The van der Waals surface area contributed by atoms with Crippen LogP contribution in [0.15, 0.2) is 84.9 Å². The van der Waals surface area contributed by atoms with Crippen LogP contribution in [0.3, 0.4) is 0 Å². The van der Waals surface area contributed by atoms with Crippen molar-refractivity contribution in [3.8, 4) is 0 Å². The van der Waals surface area contributed by atoms with Gasteiger partial charge in [-0.15, -0.1) is 0 Å². The number of nitrogens with one attached hydrogen (secondary N) is 3. The van der Waals surface area contributed by atoms with Crippen molar-refractivity contribution in [3.63, 3.8) is 0 Å². The fourth-order valence-electron chi connectivity index (χ4n) is 9.39. The standard InChI is InChI=1S/C51H66N6O6/c1-3-5-7-9-16-22-46(58)57-34-47(59)55(33-45(57)50(62)52-27-17-8-6-4-2)30-35-23-25-38(26-24-35)51(63)56-31-41(48(60)53-43-28-39(43)36-18-12-10-13-19-36)42(32-56)49(61)54-44-29-40(44)37-20-14-11-15-21-37/h10-15,18-21,23-26,39-45H,3-9,16-17,22,27-34H2,1-2H3,(H,52,62)(H,53,60)(H,54,61)/t39-,40-,41-,42-,43+,44+,45+/m1/s1. The highest BCUT2D eigenvalue weighted by Gasteiger charge is 2.49. The van der Waals surface area contributed by atoms with Gasteiger partial charge in [0.15, 0.2) is 0 Å². The number of hydrogen-bond acceptors (Lipinski definition) is 6. The molecule has 0 spiro atoms. The normalized spacial score (nSPS) is 23.9. The third-order valence-corrected chi connectivity index (χ3v) is 13.4. The number of carbonyl (C=O) groups excluding carboxylic acids is 6. The first kappa shape index (κ1) is 45.5. The number of carbonyl (C=O) groups is 6. The summed E-state index contributed by atoms with van der Waals surface area (Å²) in [5.41, 5.74) is 3.54. The van der Waals surface area contributed by atoms with Gasteiger partial charge >= 0.3 is 0 Å². The molecule has 3 aromatic carbocycles. The molecule has 0 unspecified atom stereocenters. The SMILES string of the molecule is CCCCCCCC(=O)N1CC(=O)N(Cc2ccc(C(=O)N3C[C@@H](C(=O)N[C@H]4C[C@@H]4c4ccccc4)[C@H](C(=O)N[C@H]4C[C@@H]4c4ccccc4)C3)cc2)C[C@H]1C(=O)NCCCCCC. The van der Waals surface area contributed by atoms with E-state index in [4.69, 9.17) is 0 Å². The molecule has 2 heterocycles. The largest absolute Gasteiger partial charge is 0.354 e. The average Bonchev–Trinajstić information content (AvgIpc) is 4.21. The fraction of sp³-hybridized carbons (Fsp3) is 0.529. The molecule has 63 heavy (non-hydrogen) atoms. The molecule has 2 saturated carbocycles. The van der Waals surface area contributed by atoms with Crippen LogP contribution in [-0.2, 0) is 30.5 Å². The Morgan fingerprint density at radius 3 is 1.71 bits per heavy atom. The number of amides is 6. The van der Waals surface area contributed by atoms with E-state index in [0.717, 1.165) is 76.2 Å². The Hall–Kier alpha value is -5.52. The summed E-state index contributed by atoms with van der Waals surface area (Å²) in [6.07, 6.45) is 11.0. The monoisotopic (exact) mass is 859 g/mol. The molecule has 12 nitrogen and oxygen atoms in total. The van der Waals surface area contributed by atoms with Crippen LogP contribution in [0.4, 0.5) is 0 Å². The number of nitrogens with zero attached hydrogens (tertiary/aromatic N) is 3. The molecule has 2 aliphatic carbocycles. The van der Waals surface area contributed by atoms with E-state index in [-0.39, 0.29) is 92.1 Å². The van der Waals surface area contributed by atoms with E-state index in [0.29, 0.717) is 18.5 Å². The average molecular weight is 859 g/mol. The zero-order valence-corrected chi connectivity index (χ0v) is 37.1. The van der Waals surface area contributed by atoms with E-state index in [9.17, 15) is 28.8 Å². The maximum absolute atomic E-state index is 14.1. The molecule has 2 saturated heterocycles. The van der Waals surface area contributed by atoms with Crippen molar-refractivity contribution in [1.82, 2.24) is 30.7 Å². The number of likely N-dealkylation sites (tertiary alicyclic amines) is 1. The Kier molecular flexibility index (Phi) is 15.7. The molecular weight excluding hydrogens is 793 g/mol. The number of piperazine rings is 1. The van der Waals surface area contributed by atoms with Crippen LogP contribution < -0.4 is 16.0 Å². The van der Waals surface area contributed by atoms with Gasteiger partial charge in [-0.1, -0.05) is 132 Å². The highest BCUT2D eigenvalue weighted by atomic mass is 16.2. The summed E-state index contributed by atoms with van der Waals surface area (Å²) in [5, 5.41) is 9.42. The molecule has 0 radical (unpaired) electrons. The van der Waals surface area contributed by atoms with Crippen molar-refractivity contribution in [2.45, 2.75) is 127 Å². The Morgan fingerprint density at radius 2 is 1.16 bits per heavy atom. The summed E-state index contributed by atoms with van der Waals surface area (Å²) in [4.78, 5) is 87.2. The molecule has 7 rings (SSSR count). The lowest BCUT2D eigenvalue weighted by Gasteiger charge is -2.40. The third kappa shape index (κ3) is 11.9. The summed E-state index contributed by atoms with van der Waals surface area (Å²) < 4.78 is 0. The summed E-state index contributed by atoms with van der Waals surface area (Å²) in [6, 6.07) is 26.4.